The van der Waals surface area contributed by atoms with Crippen LogP contribution in [0.5, 0.6) is 0 Å². The van der Waals surface area contributed by atoms with Crippen molar-refractivity contribution in [3.8, 4) is 0 Å². The molecular weight excluding hydrogens is 148 g/mol. The van der Waals surface area contributed by atoms with Crippen LogP contribution in [0.1, 0.15) is 13.3 Å². The highest BCUT2D eigenvalue weighted by atomic mass is 16.7. The fourth-order valence-corrected chi connectivity index (χ4v) is 1.16. The zero-order valence-corrected chi connectivity index (χ0v) is 6.73. The van der Waals surface area contributed by atoms with Crippen molar-refractivity contribution >= 4 is 0 Å². The Labute approximate surface area is 65.7 Å². The van der Waals surface area contributed by atoms with E-state index in [1.165, 1.54) is 7.11 Å². The molecule has 0 radical (unpaired) electrons. The molecule has 0 spiro atoms. The molecule has 0 aromatic rings. The molecule has 0 amide bonds. The molecule has 2 N–H and O–H groups in total. The second-order valence-electron chi connectivity index (χ2n) is 2.82. The molecule has 11 heavy (non-hydrogen) atoms. The summed E-state index contributed by atoms with van der Waals surface area (Å²) in [4.78, 5) is 0. The number of methoxy groups -OCH3 is 1. The van der Waals surface area contributed by atoms with E-state index in [4.69, 9.17) is 9.47 Å². The molecule has 1 fully saturated rings. The SMILES string of the molecule is COC1OC(C)C(O)CC1O. The molecule has 4 unspecified atom stereocenters. The largest absolute Gasteiger partial charge is 0.390 e. The van der Waals surface area contributed by atoms with Gasteiger partial charge in [0.05, 0.1) is 12.2 Å². The summed E-state index contributed by atoms with van der Waals surface area (Å²) < 4.78 is 9.98. The average molecular weight is 162 g/mol. The third-order valence-corrected chi connectivity index (χ3v) is 1.92. The van der Waals surface area contributed by atoms with Gasteiger partial charge in [-0.15, -0.1) is 0 Å². The maximum Gasteiger partial charge on any atom is 0.183 e. The quantitative estimate of drug-likeness (QED) is 0.545. The van der Waals surface area contributed by atoms with Gasteiger partial charge in [-0.1, -0.05) is 0 Å². The molecule has 1 rings (SSSR count). The molecule has 4 nitrogen and oxygen atoms in total. The first-order chi connectivity index (χ1) is 5.15. The first kappa shape index (κ1) is 8.93. The molecule has 4 atom stereocenters. The maximum atomic E-state index is 9.25. The Kier molecular flexibility index (Phi) is 2.84. The maximum absolute atomic E-state index is 9.25. The van der Waals surface area contributed by atoms with Gasteiger partial charge in [-0.25, -0.2) is 0 Å². The lowest BCUT2D eigenvalue weighted by Crippen LogP contribution is -2.46. The van der Waals surface area contributed by atoms with Gasteiger partial charge >= 0.3 is 0 Å². The van der Waals surface area contributed by atoms with Crippen molar-refractivity contribution in [3.63, 3.8) is 0 Å². The molecule has 0 saturated carbocycles. The summed E-state index contributed by atoms with van der Waals surface area (Å²) in [5.74, 6) is 0. The van der Waals surface area contributed by atoms with E-state index >= 15 is 0 Å². The van der Waals surface area contributed by atoms with Crippen LogP contribution in [0.3, 0.4) is 0 Å². The van der Waals surface area contributed by atoms with E-state index in [9.17, 15) is 10.2 Å². The van der Waals surface area contributed by atoms with Gasteiger partial charge in [0.1, 0.15) is 6.10 Å². The van der Waals surface area contributed by atoms with Crippen LogP contribution in [-0.2, 0) is 9.47 Å². The van der Waals surface area contributed by atoms with Crippen LogP contribution >= 0.6 is 0 Å². The molecular formula is C7H14O4. The monoisotopic (exact) mass is 162 g/mol. The Morgan fingerprint density at radius 3 is 2.55 bits per heavy atom. The molecule has 4 heteroatoms. The molecule has 1 aliphatic rings. The minimum absolute atomic E-state index is 0.261. The van der Waals surface area contributed by atoms with Crippen LogP contribution in [-0.4, -0.2) is 41.9 Å². The van der Waals surface area contributed by atoms with Crippen molar-refractivity contribution in [1.29, 1.82) is 0 Å². The Balaban J connectivity index is 2.48. The van der Waals surface area contributed by atoms with Gasteiger partial charge in [0.2, 0.25) is 0 Å². The summed E-state index contributed by atoms with van der Waals surface area (Å²) in [5, 5.41) is 18.5. The van der Waals surface area contributed by atoms with Crippen molar-refractivity contribution in [2.24, 2.45) is 0 Å². The number of hydrogen-bond donors (Lipinski definition) is 2. The lowest BCUT2D eigenvalue weighted by Gasteiger charge is -2.34. The number of hydrogen-bond acceptors (Lipinski definition) is 4. The van der Waals surface area contributed by atoms with Crippen molar-refractivity contribution in [2.45, 2.75) is 37.9 Å². The van der Waals surface area contributed by atoms with Crippen LogP contribution in [0, 0.1) is 0 Å². The van der Waals surface area contributed by atoms with E-state index < -0.39 is 18.5 Å². The summed E-state index contributed by atoms with van der Waals surface area (Å²) in [6.07, 6.45) is -1.83. The van der Waals surface area contributed by atoms with Crippen LogP contribution in [0.2, 0.25) is 0 Å². The van der Waals surface area contributed by atoms with Crippen molar-refractivity contribution < 1.29 is 19.7 Å². The lowest BCUT2D eigenvalue weighted by atomic mass is 10.0. The van der Waals surface area contributed by atoms with Gasteiger partial charge in [-0.3, -0.25) is 0 Å². The van der Waals surface area contributed by atoms with Gasteiger partial charge in [0.15, 0.2) is 6.29 Å². The predicted molar refractivity (Wildman–Crippen MR) is 38.0 cm³/mol. The number of aliphatic hydroxyl groups is 2. The normalized spacial score (nSPS) is 45.8. The molecule has 0 aromatic heterocycles. The Morgan fingerprint density at radius 1 is 1.36 bits per heavy atom. The molecule has 0 bridgehead atoms. The predicted octanol–water partition coefficient (Wildman–Crippen LogP) is -0.510. The van der Waals surface area contributed by atoms with E-state index in [-0.39, 0.29) is 6.10 Å². The van der Waals surface area contributed by atoms with Gasteiger partial charge in [0.25, 0.3) is 0 Å². The van der Waals surface area contributed by atoms with Crippen LogP contribution < -0.4 is 0 Å². The molecule has 1 heterocycles. The molecule has 0 aromatic carbocycles. The van der Waals surface area contributed by atoms with Crippen molar-refractivity contribution in [3.05, 3.63) is 0 Å². The zero-order valence-electron chi connectivity index (χ0n) is 6.73. The minimum Gasteiger partial charge on any atom is -0.390 e. The fraction of sp³-hybridized carbons (Fsp3) is 1.00. The highest BCUT2D eigenvalue weighted by molar-refractivity contribution is 4.77. The smallest absolute Gasteiger partial charge is 0.183 e. The van der Waals surface area contributed by atoms with E-state index in [0.717, 1.165) is 0 Å². The molecule has 1 aliphatic heterocycles. The highest BCUT2D eigenvalue weighted by Gasteiger charge is 2.33. The van der Waals surface area contributed by atoms with Crippen LogP contribution in [0.4, 0.5) is 0 Å². The number of ether oxygens (including phenoxy) is 2. The number of aliphatic hydroxyl groups excluding tert-OH is 2. The van der Waals surface area contributed by atoms with E-state index in [0.29, 0.717) is 6.42 Å². The Bertz CT molecular complexity index is 128. The minimum atomic E-state index is -0.716. The Morgan fingerprint density at radius 2 is 2.00 bits per heavy atom. The first-order valence-corrected chi connectivity index (χ1v) is 3.69. The van der Waals surface area contributed by atoms with E-state index in [2.05, 4.69) is 0 Å². The first-order valence-electron chi connectivity index (χ1n) is 3.69. The van der Waals surface area contributed by atoms with Crippen molar-refractivity contribution in [2.75, 3.05) is 7.11 Å². The van der Waals surface area contributed by atoms with Crippen LogP contribution in [0.25, 0.3) is 0 Å². The summed E-state index contributed by atoms with van der Waals surface area (Å²) in [6, 6.07) is 0. The fourth-order valence-electron chi connectivity index (χ4n) is 1.16. The van der Waals surface area contributed by atoms with Crippen molar-refractivity contribution in [1.82, 2.24) is 0 Å². The average Bonchev–Trinajstić information content (AvgIpc) is 1.97. The third-order valence-electron chi connectivity index (χ3n) is 1.92. The summed E-state index contributed by atoms with van der Waals surface area (Å²) in [6.45, 7) is 1.75. The second-order valence-corrected chi connectivity index (χ2v) is 2.82. The molecule has 66 valence electrons. The van der Waals surface area contributed by atoms with Gasteiger partial charge < -0.3 is 19.7 Å². The summed E-state index contributed by atoms with van der Waals surface area (Å²) in [5.41, 5.74) is 0. The summed E-state index contributed by atoms with van der Waals surface area (Å²) in [7, 11) is 1.47. The van der Waals surface area contributed by atoms with E-state index in [1.807, 2.05) is 0 Å². The summed E-state index contributed by atoms with van der Waals surface area (Å²) >= 11 is 0. The zero-order chi connectivity index (χ0) is 8.43. The van der Waals surface area contributed by atoms with Gasteiger partial charge in [-0.2, -0.15) is 0 Å². The van der Waals surface area contributed by atoms with Gasteiger partial charge in [0, 0.05) is 13.5 Å². The molecule has 1 saturated heterocycles. The second kappa shape index (κ2) is 3.49. The third kappa shape index (κ3) is 1.90. The standard InChI is InChI=1S/C7H14O4/c1-4-5(8)3-6(9)7(10-2)11-4/h4-9H,3H2,1-2H3. The Hall–Kier alpha value is -0.160. The molecule has 0 aliphatic carbocycles. The lowest BCUT2D eigenvalue weighted by molar-refractivity contribution is -0.251. The van der Waals surface area contributed by atoms with E-state index in [1.54, 1.807) is 6.92 Å². The topological polar surface area (TPSA) is 58.9 Å². The number of rotatable bonds is 1. The van der Waals surface area contributed by atoms with Gasteiger partial charge in [-0.05, 0) is 6.92 Å². The highest BCUT2D eigenvalue weighted by Crippen LogP contribution is 2.19. The van der Waals surface area contributed by atoms with Crippen LogP contribution in [0.15, 0.2) is 0 Å².